The second-order valence-electron chi connectivity index (χ2n) is 7.98. The molecule has 0 saturated carbocycles. The molecule has 1 N–H and O–H groups in total. The Morgan fingerprint density at radius 1 is 1.22 bits per heavy atom. The number of hydrogen-bond acceptors (Lipinski definition) is 7. The lowest BCUT2D eigenvalue weighted by Gasteiger charge is -2.37. The van der Waals surface area contributed by atoms with Crippen LogP contribution in [0.15, 0.2) is 42.9 Å². The zero-order valence-electron chi connectivity index (χ0n) is 18.1. The molecule has 0 unspecified atom stereocenters. The van der Waals surface area contributed by atoms with E-state index >= 15 is 0 Å². The minimum absolute atomic E-state index is 0.125. The molecule has 2 fully saturated rings. The summed E-state index contributed by atoms with van der Waals surface area (Å²) in [6.07, 6.45) is 7.13. The Hall–Kier alpha value is -3.17. The van der Waals surface area contributed by atoms with Crippen LogP contribution in [0.25, 0.3) is 16.9 Å². The number of imidazole rings is 1. The largest absolute Gasteiger partial charge is 0.496 e. The van der Waals surface area contributed by atoms with Gasteiger partial charge in [-0.2, -0.15) is 0 Å². The summed E-state index contributed by atoms with van der Waals surface area (Å²) in [6, 6.07) is 7.76. The van der Waals surface area contributed by atoms with Gasteiger partial charge in [0.15, 0.2) is 11.4 Å². The number of para-hydroxylation sites is 1. The molecule has 1 amide bonds. The van der Waals surface area contributed by atoms with Gasteiger partial charge in [0.25, 0.3) is 0 Å². The fourth-order valence-electron chi connectivity index (χ4n) is 4.43. The monoisotopic (exact) mass is 437 g/mol. The predicted octanol–water partition coefficient (Wildman–Crippen LogP) is 2.57. The van der Waals surface area contributed by atoms with Crippen LogP contribution in [-0.2, 0) is 14.3 Å². The molecule has 9 heteroatoms. The molecule has 2 saturated heterocycles. The van der Waals surface area contributed by atoms with E-state index in [1.54, 1.807) is 19.5 Å². The molecule has 2 aliphatic heterocycles. The maximum Gasteiger partial charge on any atom is 0.224 e. The number of benzene rings is 1. The molecule has 32 heavy (non-hydrogen) atoms. The molecular formula is C23H27N5O4. The number of methoxy groups -OCH3 is 1. The van der Waals surface area contributed by atoms with E-state index in [1.165, 1.54) is 0 Å². The first-order chi connectivity index (χ1) is 15.7. The number of fused-ring (bicyclic) bond motifs is 1. The van der Waals surface area contributed by atoms with Gasteiger partial charge in [0.05, 0.1) is 26.5 Å². The highest BCUT2D eigenvalue weighted by atomic mass is 16.7. The Labute approximate surface area is 186 Å². The zero-order valence-corrected chi connectivity index (χ0v) is 18.1. The quantitative estimate of drug-likeness (QED) is 0.634. The molecule has 3 aromatic rings. The van der Waals surface area contributed by atoms with Crippen molar-refractivity contribution in [1.29, 1.82) is 0 Å². The van der Waals surface area contributed by atoms with Crippen molar-refractivity contribution in [3.05, 3.63) is 42.9 Å². The van der Waals surface area contributed by atoms with E-state index < -0.39 is 5.79 Å². The van der Waals surface area contributed by atoms with Crippen molar-refractivity contribution in [3.63, 3.8) is 0 Å². The normalized spacial score (nSPS) is 17.7. The molecule has 0 bridgehead atoms. The molecule has 4 heterocycles. The van der Waals surface area contributed by atoms with Gasteiger partial charge in [-0.15, -0.1) is 0 Å². The molecule has 1 spiro atoms. The molecule has 2 aliphatic rings. The van der Waals surface area contributed by atoms with Crippen molar-refractivity contribution in [3.8, 4) is 17.0 Å². The molecule has 0 atom stereocenters. The molecular weight excluding hydrogens is 410 g/mol. The summed E-state index contributed by atoms with van der Waals surface area (Å²) in [5, 5.41) is 3.42. The van der Waals surface area contributed by atoms with E-state index in [0.717, 1.165) is 41.3 Å². The molecule has 0 radical (unpaired) electrons. The standard InChI is InChI=1S/C23H27N5O4/c1-30-18-5-3-2-4-17(18)21-22(28-13-10-24-16-19(28)26-21)25-9-6-20(29)27-11-7-23(8-12-27)31-14-15-32-23/h2-5,10,13,16,25H,6-9,11-12,14-15H2,1H3. The second kappa shape index (κ2) is 8.76. The Morgan fingerprint density at radius 2 is 2.00 bits per heavy atom. The van der Waals surface area contributed by atoms with E-state index in [2.05, 4.69) is 10.3 Å². The first kappa shape index (κ1) is 20.7. The molecule has 1 aromatic carbocycles. The summed E-state index contributed by atoms with van der Waals surface area (Å²) < 4.78 is 19.0. The number of aromatic nitrogens is 3. The number of likely N-dealkylation sites (tertiary alicyclic amines) is 1. The van der Waals surface area contributed by atoms with Gasteiger partial charge in [0.1, 0.15) is 17.3 Å². The number of amides is 1. The Kier molecular flexibility index (Phi) is 5.67. The lowest BCUT2D eigenvalue weighted by molar-refractivity contribution is -0.187. The fraction of sp³-hybridized carbons (Fsp3) is 0.435. The third-order valence-corrected chi connectivity index (χ3v) is 6.12. The number of nitrogens with one attached hydrogen (secondary N) is 1. The molecule has 5 rings (SSSR count). The number of carbonyl (C=O) groups excluding carboxylic acids is 1. The lowest BCUT2D eigenvalue weighted by atomic mass is 10.0. The molecule has 2 aromatic heterocycles. The second-order valence-corrected chi connectivity index (χ2v) is 7.98. The van der Waals surface area contributed by atoms with Gasteiger partial charge in [0.2, 0.25) is 5.91 Å². The molecule has 9 nitrogen and oxygen atoms in total. The molecule has 0 aliphatic carbocycles. The van der Waals surface area contributed by atoms with Crippen LogP contribution in [0, 0.1) is 0 Å². The number of rotatable bonds is 6. The summed E-state index contributed by atoms with van der Waals surface area (Å²) >= 11 is 0. The zero-order chi connectivity index (χ0) is 22.0. The van der Waals surface area contributed by atoms with Crippen molar-refractivity contribution in [2.75, 3.05) is 45.3 Å². The number of piperidine rings is 1. The van der Waals surface area contributed by atoms with Gasteiger partial charge in [-0.3, -0.25) is 14.2 Å². The SMILES string of the molecule is COc1ccccc1-c1nc2cnccn2c1NCCC(=O)N1CCC2(CC1)OCCO2. The highest BCUT2D eigenvalue weighted by Crippen LogP contribution is 2.35. The average molecular weight is 438 g/mol. The van der Waals surface area contributed by atoms with Gasteiger partial charge in [-0.05, 0) is 12.1 Å². The minimum Gasteiger partial charge on any atom is -0.496 e. The smallest absolute Gasteiger partial charge is 0.224 e. The van der Waals surface area contributed by atoms with Crippen LogP contribution in [0.5, 0.6) is 5.75 Å². The van der Waals surface area contributed by atoms with E-state index in [9.17, 15) is 4.79 Å². The van der Waals surface area contributed by atoms with Crippen LogP contribution in [0.1, 0.15) is 19.3 Å². The van der Waals surface area contributed by atoms with E-state index in [1.807, 2.05) is 39.8 Å². The number of anilines is 1. The third-order valence-electron chi connectivity index (χ3n) is 6.12. The first-order valence-corrected chi connectivity index (χ1v) is 10.9. The Balaban J connectivity index is 1.29. The van der Waals surface area contributed by atoms with Crippen LogP contribution in [-0.4, -0.2) is 70.9 Å². The highest BCUT2D eigenvalue weighted by molar-refractivity contribution is 5.81. The Bertz CT molecular complexity index is 1100. The van der Waals surface area contributed by atoms with Gasteiger partial charge in [0, 0.05) is 56.9 Å². The van der Waals surface area contributed by atoms with Crippen LogP contribution >= 0.6 is 0 Å². The van der Waals surface area contributed by atoms with Gasteiger partial charge >= 0.3 is 0 Å². The topological polar surface area (TPSA) is 90.2 Å². The molecule has 168 valence electrons. The van der Waals surface area contributed by atoms with Crippen molar-refractivity contribution in [1.82, 2.24) is 19.3 Å². The van der Waals surface area contributed by atoms with Crippen molar-refractivity contribution < 1.29 is 19.0 Å². The van der Waals surface area contributed by atoms with Crippen molar-refractivity contribution in [2.24, 2.45) is 0 Å². The van der Waals surface area contributed by atoms with Crippen LogP contribution in [0.4, 0.5) is 5.82 Å². The third kappa shape index (κ3) is 3.89. The van der Waals surface area contributed by atoms with Gasteiger partial charge in [-0.25, -0.2) is 4.98 Å². The minimum atomic E-state index is -0.469. The lowest BCUT2D eigenvalue weighted by Crippen LogP contribution is -2.47. The van der Waals surface area contributed by atoms with Crippen LogP contribution in [0.3, 0.4) is 0 Å². The number of ether oxygens (including phenoxy) is 3. The summed E-state index contributed by atoms with van der Waals surface area (Å²) in [7, 11) is 1.65. The average Bonchev–Trinajstić information content (AvgIpc) is 3.44. The maximum absolute atomic E-state index is 12.8. The van der Waals surface area contributed by atoms with Gasteiger partial charge in [-0.1, -0.05) is 12.1 Å². The van der Waals surface area contributed by atoms with E-state index in [4.69, 9.17) is 19.2 Å². The van der Waals surface area contributed by atoms with E-state index in [-0.39, 0.29) is 5.91 Å². The summed E-state index contributed by atoms with van der Waals surface area (Å²) in [4.78, 5) is 23.6. The van der Waals surface area contributed by atoms with Crippen molar-refractivity contribution >= 4 is 17.4 Å². The predicted molar refractivity (Wildman–Crippen MR) is 119 cm³/mol. The van der Waals surface area contributed by atoms with Crippen molar-refractivity contribution in [2.45, 2.75) is 25.0 Å². The number of carbonyl (C=O) groups is 1. The summed E-state index contributed by atoms with van der Waals surface area (Å²) in [6.45, 7) is 3.09. The van der Waals surface area contributed by atoms with E-state index in [0.29, 0.717) is 39.3 Å². The van der Waals surface area contributed by atoms with Crippen LogP contribution in [0.2, 0.25) is 0 Å². The Morgan fingerprint density at radius 3 is 2.78 bits per heavy atom. The summed E-state index contributed by atoms with van der Waals surface area (Å²) in [5.41, 5.74) is 2.36. The number of nitrogens with zero attached hydrogens (tertiary/aromatic N) is 4. The highest BCUT2D eigenvalue weighted by Gasteiger charge is 2.40. The number of hydrogen-bond donors (Lipinski definition) is 1. The first-order valence-electron chi connectivity index (χ1n) is 10.9. The van der Waals surface area contributed by atoms with Crippen LogP contribution < -0.4 is 10.1 Å². The fourth-order valence-corrected chi connectivity index (χ4v) is 4.43. The maximum atomic E-state index is 12.8. The van der Waals surface area contributed by atoms with Gasteiger partial charge < -0.3 is 24.4 Å². The summed E-state index contributed by atoms with van der Waals surface area (Å²) in [5.74, 6) is 1.20.